The third kappa shape index (κ3) is 2.98. The zero-order valence-corrected chi connectivity index (χ0v) is 10.0. The van der Waals surface area contributed by atoms with Crippen LogP contribution in [0.5, 0.6) is 0 Å². The third-order valence-corrected chi connectivity index (χ3v) is 2.68. The number of fused-ring (bicyclic) bond motifs is 1. The molecule has 3 N–H and O–H groups in total. The normalized spacial score (nSPS) is 13.3. The highest BCUT2D eigenvalue weighted by Gasteiger charge is 2.37. The van der Waals surface area contributed by atoms with Gasteiger partial charge in [-0.25, -0.2) is 4.79 Å². The second kappa shape index (κ2) is 4.83. The van der Waals surface area contributed by atoms with Gasteiger partial charge in [-0.2, -0.15) is 13.2 Å². The second-order valence-corrected chi connectivity index (χ2v) is 4.11. The number of hydrogen-bond acceptors (Lipinski definition) is 1. The summed E-state index contributed by atoms with van der Waals surface area (Å²) in [7, 11) is 0. The highest BCUT2D eigenvalue weighted by molar-refractivity contribution is 6.00. The van der Waals surface area contributed by atoms with Crippen LogP contribution in [0, 0.1) is 0 Å². The fourth-order valence-electron chi connectivity index (χ4n) is 1.61. The Morgan fingerprint density at radius 1 is 1.32 bits per heavy atom. The van der Waals surface area contributed by atoms with Gasteiger partial charge in [0.1, 0.15) is 6.04 Å². The van der Waals surface area contributed by atoms with Crippen molar-refractivity contribution >= 4 is 22.6 Å². The van der Waals surface area contributed by atoms with Crippen LogP contribution in [0.15, 0.2) is 30.5 Å². The van der Waals surface area contributed by atoms with E-state index in [2.05, 4.69) is 10.3 Å². The van der Waals surface area contributed by atoms with E-state index in [0.29, 0.717) is 5.69 Å². The van der Waals surface area contributed by atoms with Crippen molar-refractivity contribution < 1.29 is 18.0 Å². The summed E-state index contributed by atoms with van der Waals surface area (Å²) >= 11 is 0. The molecule has 0 fully saturated rings. The number of carbonyl (C=O) groups excluding carboxylic acids is 1. The van der Waals surface area contributed by atoms with Gasteiger partial charge < -0.3 is 15.6 Å². The van der Waals surface area contributed by atoms with Crippen molar-refractivity contribution in [1.29, 1.82) is 0 Å². The van der Waals surface area contributed by atoms with Gasteiger partial charge in [-0.1, -0.05) is 18.2 Å². The van der Waals surface area contributed by atoms with Gasteiger partial charge in [-0.3, -0.25) is 0 Å². The predicted octanol–water partition coefficient (Wildman–Crippen LogP) is 3.24. The molecule has 0 aliphatic rings. The monoisotopic (exact) mass is 271 g/mol. The van der Waals surface area contributed by atoms with E-state index in [1.165, 1.54) is 6.20 Å². The summed E-state index contributed by atoms with van der Waals surface area (Å²) < 4.78 is 36.9. The molecule has 2 rings (SSSR count). The number of aromatic nitrogens is 1. The second-order valence-electron chi connectivity index (χ2n) is 4.11. The molecule has 7 heteroatoms. The maximum Gasteiger partial charge on any atom is 0.408 e. The van der Waals surface area contributed by atoms with Crippen LogP contribution in [0.1, 0.15) is 6.92 Å². The zero-order chi connectivity index (χ0) is 14.0. The Labute approximate surface area is 107 Å². The van der Waals surface area contributed by atoms with Crippen LogP contribution in [0.3, 0.4) is 0 Å². The molecule has 0 unspecified atom stereocenters. The number of H-pyrrole nitrogens is 1. The lowest BCUT2D eigenvalue weighted by Gasteiger charge is -2.17. The Morgan fingerprint density at radius 2 is 2.00 bits per heavy atom. The molecule has 19 heavy (non-hydrogen) atoms. The van der Waals surface area contributed by atoms with Gasteiger partial charge in [-0.15, -0.1) is 0 Å². The summed E-state index contributed by atoms with van der Waals surface area (Å²) in [5.41, 5.74) is 1.23. The van der Waals surface area contributed by atoms with Crippen LogP contribution in [0.2, 0.25) is 0 Å². The molecule has 2 amide bonds. The number of anilines is 1. The van der Waals surface area contributed by atoms with Crippen LogP contribution in [0.4, 0.5) is 23.7 Å². The van der Waals surface area contributed by atoms with Crippen LogP contribution in [-0.2, 0) is 0 Å². The summed E-state index contributed by atoms with van der Waals surface area (Å²) in [6.07, 6.45) is -2.93. The van der Waals surface area contributed by atoms with E-state index >= 15 is 0 Å². The molecular formula is C12H12F3N3O. The highest BCUT2D eigenvalue weighted by Crippen LogP contribution is 2.23. The number of para-hydroxylation sites is 1. The van der Waals surface area contributed by atoms with E-state index in [1.807, 2.05) is 11.4 Å². The van der Waals surface area contributed by atoms with Gasteiger partial charge in [-0.05, 0) is 13.0 Å². The molecule has 0 aliphatic carbocycles. The fourth-order valence-corrected chi connectivity index (χ4v) is 1.61. The first-order valence-electron chi connectivity index (χ1n) is 5.58. The molecule has 0 bridgehead atoms. The summed E-state index contributed by atoms with van der Waals surface area (Å²) in [5, 5.41) is 4.95. The average Bonchev–Trinajstić information content (AvgIpc) is 2.71. The van der Waals surface area contributed by atoms with Crippen molar-refractivity contribution in [2.45, 2.75) is 19.1 Å². The van der Waals surface area contributed by atoms with Crippen LogP contribution in [-0.4, -0.2) is 23.2 Å². The van der Waals surface area contributed by atoms with Crippen molar-refractivity contribution in [3.05, 3.63) is 30.5 Å². The van der Waals surface area contributed by atoms with Gasteiger partial charge in [0.15, 0.2) is 0 Å². The Morgan fingerprint density at radius 3 is 2.68 bits per heavy atom. The van der Waals surface area contributed by atoms with E-state index in [4.69, 9.17) is 0 Å². The van der Waals surface area contributed by atoms with Crippen LogP contribution in [0.25, 0.3) is 10.9 Å². The number of rotatable bonds is 2. The van der Waals surface area contributed by atoms with Crippen molar-refractivity contribution in [3.8, 4) is 0 Å². The molecule has 0 saturated carbocycles. The number of halogens is 3. The topological polar surface area (TPSA) is 56.9 Å². The summed E-state index contributed by atoms with van der Waals surface area (Å²) in [4.78, 5) is 14.4. The molecule has 4 nitrogen and oxygen atoms in total. The number of benzene rings is 1. The van der Waals surface area contributed by atoms with Gasteiger partial charge in [0.05, 0.1) is 5.69 Å². The number of aromatic amines is 1. The lowest BCUT2D eigenvalue weighted by Crippen LogP contribution is -2.44. The van der Waals surface area contributed by atoms with Crippen molar-refractivity contribution in [2.75, 3.05) is 5.32 Å². The van der Waals surface area contributed by atoms with E-state index in [1.54, 1.807) is 18.2 Å². The predicted molar refractivity (Wildman–Crippen MR) is 66.0 cm³/mol. The minimum Gasteiger partial charge on any atom is -0.359 e. The Balaban J connectivity index is 2.07. The lowest BCUT2D eigenvalue weighted by atomic mass is 10.2. The van der Waals surface area contributed by atoms with Crippen molar-refractivity contribution in [3.63, 3.8) is 0 Å². The number of amides is 2. The molecule has 1 heterocycles. The maximum atomic E-state index is 12.3. The SMILES string of the molecule is C[C@H](NC(=O)Nc1c[nH]c2ccccc12)C(F)(F)F. The molecule has 0 saturated heterocycles. The van der Waals surface area contributed by atoms with E-state index < -0.39 is 18.2 Å². The quantitative estimate of drug-likeness (QED) is 0.771. The number of urea groups is 1. The molecule has 1 aromatic carbocycles. The number of hydrogen-bond donors (Lipinski definition) is 3. The van der Waals surface area contributed by atoms with Gasteiger partial charge >= 0.3 is 12.2 Å². The van der Waals surface area contributed by atoms with E-state index in [9.17, 15) is 18.0 Å². The molecule has 1 atom stereocenters. The van der Waals surface area contributed by atoms with Gasteiger partial charge in [0, 0.05) is 17.1 Å². The summed E-state index contributed by atoms with van der Waals surface area (Å²) in [6.45, 7) is 0.884. The Kier molecular flexibility index (Phi) is 3.37. The number of nitrogens with one attached hydrogen (secondary N) is 3. The first kappa shape index (κ1) is 13.3. The largest absolute Gasteiger partial charge is 0.408 e. The zero-order valence-electron chi connectivity index (χ0n) is 10.0. The smallest absolute Gasteiger partial charge is 0.359 e. The minimum absolute atomic E-state index is 0.433. The molecule has 0 spiro atoms. The standard InChI is InChI=1S/C12H12F3N3O/c1-7(12(13,14)15)17-11(19)18-10-6-16-9-5-3-2-4-8(9)10/h2-7,16H,1H3,(H2,17,18,19)/t7-/m0/s1. The summed E-state index contributed by atoms with van der Waals surface area (Å²) in [5.74, 6) is 0. The van der Waals surface area contributed by atoms with Crippen molar-refractivity contribution in [1.82, 2.24) is 10.3 Å². The molecular weight excluding hydrogens is 259 g/mol. The van der Waals surface area contributed by atoms with Crippen molar-refractivity contribution in [2.24, 2.45) is 0 Å². The van der Waals surface area contributed by atoms with E-state index in [0.717, 1.165) is 17.8 Å². The van der Waals surface area contributed by atoms with Crippen LogP contribution >= 0.6 is 0 Å². The number of carbonyl (C=O) groups is 1. The van der Waals surface area contributed by atoms with Crippen LogP contribution < -0.4 is 10.6 Å². The molecule has 2 aromatic rings. The first-order chi connectivity index (χ1) is 8.88. The minimum atomic E-state index is -4.46. The van der Waals surface area contributed by atoms with E-state index in [-0.39, 0.29) is 0 Å². The Hall–Kier alpha value is -2.18. The van der Waals surface area contributed by atoms with Gasteiger partial charge in [0.2, 0.25) is 0 Å². The maximum absolute atomic E-state index is 12.3. The number of alkyl halides is 3. The molecule has 102 valence electrons. The average molecular weight is 271 g/mol. The van der Waals surface area contributed by atoms with Gasteiger partial charge in [0.25, 0.3) is 0 Å². The molecule has 0 aliphatic heterocycles. The molecule has 0 radical (unpaired) electrons. The third-order valence-electron chi connectivity index (χ3n) is 2.68. The fraction of sp³-hybridized carbons (Fsp3) is 0.250. The lowest BCUT2D eigenvalue weighted by molar-refractivity contribution is -0.148. The summed E-state index contributed by atoms with van der Waals surface area (Å²) in [6, 6.07) is 4.35. The first-order valence-corrected chi connectivity index (χ1v) is 5.58. The molecule has 1 aromatic heterocycles. The Bertz CT molecular complexity index is 591. The highest BCUT2D eigenvalue weighted by atomic mass is 19.4.